The molecular formula is C14H20N2O3S. The van der Waals surface area contributed by atoms with Crippen molar-refractivity contribution in [2.75, 3.05) is 26.7 Å². The maximum Gasteiger partial charge on any atom is 0.253 e. The van der Waals surface area contributed by atoms with Crippen molar-refractivity contribution in [3.05, 3.63) is 21.9 Å². The second-order valence-corrected chi connectivity index (χ2v) is 6.54. The van der Waals surface area contributed by atoms with Crippen molar-refractivity contribution >= 4 is 23.2 Å². The summed E-state index contributed by atoms with van der Waals surface area (Å²) in [6.45, 7) is 4.97. The predicted octanol–water partition coefficient (Wildman–Crippen LogP) is 0.963. The van der Waals surface area contributed by atoms with Crippen LogP contribution in [0.4, 0.5) is 0 Å². The molecule has 0 aromatic carbocycles. The van der Waals surface area contributed by atoms with Gasteiger partial charge in [0.15, 0.2) is 5.60 Å². The number of carbonyl (C=O) groups excluding carboxylic acids is 2. The van der Waals surface area contributed by atoms with Crippen molar-refractivity contribution in [2.24, 2.45) is 0 Å². The lowest BCUT2D eigenvalue weighted by molar-refractivity contribution is -0.162. The Bertz CT molecular complexity index is 514. The minimum atomic E-state index is -0.950. The molecule has 2 heterocycles. The van der Waals surface area contributed by atoms with Gasteiger partial charge in [0.2, 0.25) is 5.91 Å². The fourth-order valence-corrected chi connectivity index (χ4v) is 3.21. The van der Waals surface area contributed by atoms with Crippen LogP contribution in [0, 0.1) is 6.92 Å². The number of likely N-dealkylation sites (N-methyl/N-ethyl adjacent to an activating group) is 1. The molecule has 0 radical (unpaired) electrons. The first kappa shape index (κ1) is 15.0. The summed E-state index contributed by atoms with van der Waals surface area (Å²) in [6, 6.07) is 4.00. The maximum absolute atomic E-state index is 12.3. The number of nitrogens with zero attached hydrogens (tertiary/aromatic N) is 1. The topological polar surface area (TPSA) is 58.6 Å². The fourth-order valence-electron chi connectivity index (χ4n) is 2.33. The van der Waals surface area contributed by atoms with Crippen LogP contribution in [0.15, 0.2) is 12.1 Å². The van der Waals surface area contributed by atoms with E-state index in [1.807, 2.05) is 19.1 Å². The molecule has 0 aliphatic carbocycles. The summed E-state index contributed by atoms with van der Waals surface area (Å²) in [6.07, 6.45) is 0.391. The largest absolute Gasteiger partial charge is 0.362 e. The summed E-state index contributed by atoms with van der Waals surface area (Å²) in [4.78, 5) is 28.1. The number of hydrogen-bond donors (Lipinski definition) is 1. The average Bonchev–Trinajstić information content (AvgIpc) is 2.83. The number of amides is 2. The Kier molecular flexibility index (Phi) is 4.45. The SMILES string of the molecule is CNC(=O)[C@]1(C)CN(C(=O)Cc2ccc(C)s2)CCO1. The molecule has 1 aromatic rings. The number of morpholine rings is 1. The van der Waals surface area contributed by atoms with Gasteiger partial charge in [-0.1, -0.05) is 0 Å². The van der Waals surface area contributed by atoms with Crippen molar-refractivity contribution in [3.8, 4) is 0 Å². The van der Waals surface area contributed by atoms with Crippen LogP contribution >= 0.6 is 11.3 Å². The van der Waals surface area contributed by atoms with E-state index in [0.29, 0.717) is 26.1 Å². The Morgan fingerprint density at radius 1 is 1.50 bits per heavy atom. The van der Waals surface area contributed by atoms with Gasteiger partial charge in [-0.05, 0) is 26.0 Å². The van der Waals surface area contributed by atoms with Crippen molar-refractivity contribution in [3.63, 3.8) is 0 Å². The maximum atomic E-state index is 12.3. The number of carbonyl (C=O) groups is 2. The minimum Gasteiger partial charge on any atom is -0.362 e. The monoisotopic (exact) mass is 296 g/mol. The molecular weight excluding hydrogens is 276 g/mol. The highest BCUT2D eigenvalue weighted by Gasteiger charge is 2.40. The summed E-state index contributed by atoms with van der Waals surface area (Å²) in [5, 5.41) is 2.59. The van der Waals surface area contributed by atoms with Crippen LogP contribution < -0.4 is 5.32 Å². The minimum absolute atomic E-state index is 0.0466. The van der Waals surface area contributed by atoms with Crippen LogP contribution in [0.3, 0.4) is 0 Å². The quantitative estimate of drug-likeness (QED) is 0.904. The lowest BCUT2D eigenvalue weighted by Crippen LogP contribution is -2.59. The first-order valence-corrected chi connectivity index (χ1v) is 7.45. The lowest BCUT2D eigenvalue weighted by atomic mass is 10.0. The number of hydrogen-bond acceptors (Lipinski definition) is 4. The summed E-state index contributed by atoms with van der Waals surface area (Å²) < 4.78 is 5.55. The molecule has 0 spiro atoms. The molecule has 1 N–H and O–H groups in total. The molecule has 1 atom stereocenters. The van der Waals surface area contributed by atoms with Gasteiger partial charge in [-0.25, -0.2) is 0 Å². The highest BCUT2D eigenvalue weighted by molar-refractivity contribution is 7.12. The van der Waals surface area contributed by atoms with Crippen LogP contribution in [-0.4, -0.2) is 49.1 Å². The second kappa shape index (κ2) is 5.93. The third-order valence-electron chi connectivity index (χ3n) is 3.46. The van der Waals surface area contributed by atoms with Crippen LogP contribution in [0.2, 0.25) is 0 Å². The van der Waals surface area contributed by atoms with Gasteiger partial charge < -0.3 is 15.0 Å². The van der Waals surface area contributed by atoms with E-state index >= 15 is 0 Å². The molecule has 1 fully saturated rings. The first-order valence-electron chi connectivity index (χ1n) is 6.64. The zero-order valence-corrected chi connectivity index (χ0v) is 12.9. The molecule has 1 aliphatic heterocycles. The van der Waals surface area contributed by atoms with E-state index in [1.165, 1.54) is 4.88 Å². The molecule has 1 aromatic heterocycles. The standard InChI is InChI=1S/C14H20N2O3S/c1-10-4-5-11(20-10)8-12(17)16-6-7-19-14(2,9-16)13(18)15-3/h4-5H,6-9H2,1-3H3,(H,15,18)/t14-/m0/s1. The van der Waals surface area contributed by atoms with Gasteiger partial charge in [-0.15, -0.1) is 11.3 Å². The van der Waals surface area contributed by atoms with Gasteiger partial charge in [0.05, 0.1) is 19.6 Å². The Morgan fingerprint density at radius 3 is 2.85 bits per heavy atom. The van der Waals surface area contributed by atoms with Gasteiger partial charge in [0.25, 0.3) is 5.91 Å². The molecule has 5 nitrogen and oxygen atoms in total. The molecule has 1 saturated heterocycles. The first-order chi connectivity index (χ1) is 9.44. The highest BCUT2D eigenvalue weighted by Crippen LogP contribution is 2.20. The van der Waals surface area contributed by atoms with Gasteiger partial charge in [-0.2, -0.15) is 0 Å². The van der Waals surface area contributed by atoms with Crippen LogP contribution in [0.1, 0.15) is 16.7 Å². The highest BCUT2D eigenvalue weighted by atomic mass is 32.1. The van der Waals surface area contributed by atoms with Crippen molar-refractivity contribution < 1.29 is 14.3 Å². The van der Waals surface area contributed by atoms with E-state index in [1.54, 1.807) is 30.2 Å². The number of nitrogens with one attached hydrogen (secondary N) is 1. The third kappa shape index (κ3) is 3.19. The molecule has 2 amide bonds. The van der Waals surface area contributed by atoms with Crippen LogP contribution in [-0.2, 0) is 20.7 Å². The molecule has 2 rings (SSSR count). The Balaban J connectivity index is 2.01. The third-order valence-corrected chi connectivity index (χ3v) is 4.46. The number of ether oxygens (including phenoxy) is 1. The van der Waals surface area contributed by atoms with E-state index in [9.17, 15) is 9.59 Å². The summed E-state index contributed by atoms with van der Waals surface area (Å²) in [5.41, 5.74) is -0.950. The molecule has 1 aliphatic rings. The fraction of sp³-hybridized carbons (Fsp3) is 0.571. The van der Waals surface area contributed by atoms with Crippen molar-refractivity contribution in [2.45, 2.75) is 25.9 Å². The lowest BCUT2D eigenvalue weighted by Gasteiger charge is -2.39. The van der Waals surface area contributed by atoms with Gasteiger partial charge in [0, 0.05) is 23.3 Å². The van der Waals surface area contributed by atoms with Crippen molar-refractivity contribution in [1.82, 2.24) is 10.2 Å². The average molecular weight is 296 g/mol. The molecule has 0 bridgehead atoms. The number of rotatable bonds is 3. The zero-order valence-electron chi connectivity index (χ0n) is 12.1. The Labute approximate surface area is 122 Å². The Morgan fingerprint density at radius 2 is 2.25 bits per heavy atom. The van der Waals surface area contributed by atoms with Gasteiger partial charge in [0.1, 0.15) is 0 Å². The van der Waals surface area contributed by atoms with E-state index in [0.717, 1.165) is 4.88 Å². The van der Waals surface area contributed by atoms with E-state index in [2.05, 4.69) is 5.32 Å². The number of aryl methyl sites for hydroxylation is 1. The Hall–Kier alpha value is -1.40. The molecule has 6 heteroatoms. The van der Waals surface area contributed by atoms with Crippen LogP contribution in [0.5, 0.6) is 0 Å². The summed E-state index contributed by atoms with van der Waals surface area (Å²) in [7, 11) is 1.58. The molecule has 0 saturated carbocycles. The van der Waals surface area contributed by atoms with Crippen molar-refractivity contribution in [1.29, 1.82) is 0 Å². The molecule has 110 valence electrons. The normalized spacial score (nSPS) is 22.6. The zero-order chi connectivity index (χ0) is 14.8. The summed E-state index contributed by atoms with van der Waals surface area (Å²) in [5.74, 6) is -0.146. The smallest absolute Gasteiger partial charge is 0.253 e. The molecule has 20 heavy (non-hydrogen) atoms. The summed E-state index contributed by atoms with van der Waals surface area (Å²) >= 11 is 1.63. The molecule has 0 unspecified atom stereocenters. The second-order valence-electron chi connectivity index (χ2n) is 5.16. The van der Waals surface area contributed by atoms with E-state index in [4.69, 9.17) is 4.74 Å². The van der Waals surface area contributed by atoms with Gasteiger partial charge >= 0.3 is 0 Å². The van der Waals surface area contributed by atoms with Crippen LogP contribution in [0.25, 0.3) is 0 Å². The number of thiophene rings is 1. The van der Waals surface area contributed by atoms with E-state index < -0.39 is 5.60 Å². The van der Waals surface area contributed by atoms with Gasteiger partial charge in [-0.3, -0.25) is 9.59 Å². The van der Waals surface area contributed by atoms with E-state index in [-0.39, 0.29) is 11.8 Å². The predicted molar refractivity (Wildman–Crippen MR) is 77.8 cm³/mol.